The molecule has 6 aromatic rings. The normalized spacial score (nSPS) is 13.5. The monoisotopic (exact) mass is 566 g/mol. The maximum absolute atomic E-state index is 10.2. The van der Waals surface area contributed by atoms with E-state index < -0.39 is 12.2 Å². The van der Waals surface area contributed by atoms with E-state index in [1.54, 1.807) is 13.8 Å². The van der Waals surface area contributed by atoms with Crippen molar-refractivity contribution in [2.75, 3.05) is 13.2 Å². The van der Waals surface area contributed by atoms with Gasteiger partial charge in [0, 0.05) is 21.9 Å². The molecule has 4 heteroatoms. The number of fused-ring (bicyclic) bond motifs is 5. The SMILES string of the molecule is CC(O)COc1c(-c2ccc3c(c2-c2ccc4ccccc4c2OCC(C)O)Cc2ccccc2-3)ccc2ccccc12. The summed E-state index contributed by atoms with van der Waals surface area (Å²) in [6.45, 7) is 3.85. The number of aliphatic hydroxyl groups excluding tert-OH is 2. The second kappa shape index (κ2) is 11.2. The third-order valence-corrected chi connectivity index (χ3v) is 8.24. The highest BCUT2D eigenvalue weighted by Gasteiger charge is 2.28. The first kappa shape index (κ1) is 27.2. The van der Waals surface area contributed by atoms with Gasteiger partial charge in [-0.3, -0.25) is 0 Å². The van der Waals surface area contributed by atoms with E-state index >= 15 is 0 Å². The fraction of sp³-hybridized carbons (Fsp3) is 0.179. The molecule has 0 bridgehead atoms. The molecule has 0 amide bonds. The van der Waals surface area contributed by atoms with Crippen LogP contribution in [0.1, 0.15) is 25.0 Å². The van der Waals surface area contributed by atoms with Gasteiger partial charge in [-0.2, -0.15) is 0 Å². The van der Waals surface area contributed by atoms with Gasteiger partial charge in [0.05, 0.1) is 12.2 Å². The van der Waals surface area contributed by atoms with Gasteiger partial charge in [0.2, 0.25) is 0 Å². The molecule has 0 saturated carbocycles. The zero-order chi connectivity index (χ0) is 29.5. The Labute approximate surface area is 251 Å². The Bertz CT molecular complexity index is 1970. The Kier molecular flexibility index (Phi) is 7.10. The van der Waals surface area contributed by atoms with E-state index in [1.165, 1.54) is 22.3 Å². The first-order valence-electron chi connectivity index (χ1n) is 14.9. The van der Waals surface area contributed by atoms with Gasteiger partial charge in [-0.1, -0.05) is 97.1 Å². The predicted molar refractivity (Wildman–Crippen MR) is 175 cm³/mol. The molecule has 0 fully saturated rings. The van der Waals surface area contributed by atoms with Gasteiger partial charge >= 0.3 is 0 Å². The molecule has 2 unspecified atom stereocenters. The molecule has 0 spiro atoms. The lowest BCUT2D eigenvalue weighted by Gasteiger charge is -2.23. The molecule has 1 aliphatic rings. The van der Waals surface area contributed by atoms with Crippen LogP contribution in [-0.2, 0) is 6.42 Å². The van der Waals surface area contributed by atoms with Crippen LogP contribution in [0.2, 0.25) is 0 Å². The number of ether oxygens (including phenoxy) is 2. The van der Waals surface area contributed by atoms with Crippen LogP contribution in [0.15, 0.2) is 109 Å². The summed E-state index contributed by atoms with van der Waals surface area (Å²) in [7, 11) is 0. The number of benzene rings is 6. The first-order chi connectivity index (χ1) is 21.0. The van der Waals surface area contributed by atoms with Crippen LogP contribution < -0.4 is 9.47 Å². The summed E-state index contributed by atoms with van der Waals surface area (Å²) in [4.78, 5) is 0. The second-order valence-corrected chi connectivity index (χ2v) is 11.5. The van der Waals surface area contributed by atoms with E-state index in [0.29, 0.717) is 0 Å². The van der Waals surface area contributed by atoms with Crippen molar-refractivity contribution in [2.45, 2.75) is 32.5 Å². The molecular formula is C39H34O4. The lowest BCUT2D eigenvalue weighted by atomic mass is 9.85. The third kappa shape index (κ3) is 4.93. The van der Waals surface area contributed by atoms with Gasteiger partial charge in [0.25, 0.3) is 0 Å². The minimum absolute atomic E-state index is 0.185. The summed E-state index contributed by atoms with van der Waals surface area (Å²) in [5.74, 6) is 1.51. The summed E-state index contributed by atoms with van der Waals surface area (Å²) in [6, 6.07) is 38.0. The van der Waals surface area contributed by atoms with E-state index in [-0.39, 0.29) is 13.2 Å². The van der Waals surface area contributed by atoms with Crippen molar-refractivity contribution in [3.05, 3.63) is 120 Å². The second-order valence-electron chi connectivity index (χ2n) is 11.5. The maximum atomic E-state index is 10.2. The molecule has 2 atom stereocenters. The zero-order valence-electron chi connectivity index (χ0n) is 24.4. The fourth-order valence-corrected chi connectivity index (χ4v) is 6.36. The van der Waals surface area contributed by atoms with E-state index in [9.17, 15) is 10.2 Å². The van der Waals surface area contributed by atoms with Crippen LogP contribution in [0.25, 0.3) is 54.9 Å². The Morgan fingerprint density at radius 3 is 1.70 bits per heavy atom. The Morgan fingerprint density at radius 1 is 0.535 bits per heavy atom. The molecule has 0 aliphatic heterocycles. The highest BCUT2D eigenvalue weighted by atomic mass is 16.5. The predicted octanol–water partition coefficient (Wildman–Crippen LogP) is 8.42. The quantitative estimate of drug-likeness (QED) is 0.194. The molecule has 43 heavy (non-hydrogen) atoms. The van der Waals surface area contributed by atoms with Crippen molar-refractivity contribution in [1.29, 1.82) is 0 Å². The van der Waals surface area contributed by atoms with E-state index in [2.05, 4.69) is 84.9 Å². The molecule has 4 nitrogen and oxygen atoms in total. The third-order valence-electron chi connectivity index (χ3n) is 8.24. The number of rotatable bonds is 8. The van der Waals surface area contributed by atoms with Crippen molar-refractivity contribution in [3.63, 3.8) is 0 Å². The summed E-state index contributed by atoms with van der Waals surface area (Å²) in [5, 5.41) is 24.6. The lowest BCUT2D eigenvalue weighted by molar-refractivity contribution is 0.124. The summed E-state index contributed by atoms with van der Waals surface area (Å²) in [5.41, 5.74) is 9.08. The molecule has 0 radical (unpaired) electrons. The zero-order valence-corrected chi connectivity index (χ0v) is 24.4. The Hall–Kier alpha value is -4.64. The van der Waals surface area contributed by atoms with Crippen molar-refractivity contribution < 1.29 is 19.7 Å². The van der Waals surface area contributed by atoms with Crippen molar-refractivity contribution >= 4 is 21.5 Å². The summed E-state index contributed by atoms with van der Waals surface area (Å²) < 4.78 is 12.9. The van der Waals surface area contributed by atoms with Crippen LogP contribution in [0.3, 0.4) is 0 Å². The van der Waals surface area contributed by atoms with Gasteiger partial charge in [-0.05, 0) is 76.6 Å². The van der Waals surface area contributed by atoms with Gasteiger partial charge in [0.1, 0.15) is 24.7 Å². The van der Waals surface area contributed by atoms with Crippen LogP contribution in [0.4, 0.5) is 0 Å². The van der Waals surface area contributed by atoms with Gasteiger partial charge < -0.3 is 19.7 Å². The summed E-state index contributed by atoms with van der Waals surface area (Å²) >= 11 is 0. The highest BCUT2D eigenvalue weighted by Crippen LogP contribution is 2.51. The average Bonchev–Trinajstić information content (AvgIpc) is 3.40. The smallest absolute Gasteiger partial charge is 0.135 e. The number of hydrogen-bond donors (Lipinski definition) is 2. The topological polar surface area (TPSA) is 58.9 Å². The largest absolute Gasteiger partial charge is 0.490 e. The Morgan fingerprint density at radius 2 is 1.05 bits per heavy atom. The molecular weight excluding hydrogens is 532 g/mol. The fourth-order valence-electron chi connectivity index (χ4n) is 6.36. The van der Waals surface area contributed by atoms with E-state index in [1.807, 2.05) is 24.3 Å². The van der Waals surface area contributed by atoms with E-state index in [4.69, 9.17) is 9.47 Å². The molecule has 0 saturated heterocycles. The molecule has 214 valence electrons. The van der Waals surface area contributed by atoms with Crippen LogP contribution in [0, 0.1) is 0 Å². The lowest BCUT2D eigenvalue weighted by Crippen LogP contribution is -2.14. The van der Waals surface area contributed by atoms with Crippen molar-refractivity contribution in [1.82, 2.24) is 0 Å². The molecule has 0 aromatic heterocycles. The van der Waals surface area contributed by atoms with Gasteiger partial charge in [-0.15, -0.1) is 0 Å². The Balaban J connectivity index is 1.55. The minimum Gasteiger partial charge on any atom is -0.490 e. The first-order valence-corrected chi connectivity index (χ1v) is 14.9. The number of aliphatic hydroxyl groups is 2. The molecule has 0 heterocycles. The van der Waals surface area contributed by atoms with Crippen molar-refractivity contribution in [2.24, 2.45) is 0 Å². The molecule has 2 N–H and O–H groups in total. The highest BCUT2D eigenvalue weighted by molar-refractivity contribution is 6.04. The minimum atomic E-state index is -0.613. The van der Waals surface area contributed by atoms with Crippen molar-refractivity contribution in [3.8, 4) is 44.9 Å². The van der Waals surface area contributed by atoms with Gasteiger partial charge in [0.15, 0.2) is 0 Å². The van der Waals surface area contributed by atoms with E-state index in [0.717, 1.165) is 61.7 Å². The molecule has 1 aliphatic carbocycles. The molecule has 7 rings (SSSR count). The van der Waals surface area contributed by atoms with Crippen LogP contribution >= 0.6 is 0 Å². The van der Waals surface area contributed by atoms with Crippen LogP contribution in [-0.4, -0.2) is 35.6 Å². The van der Waals surface area contributed by atoms with Gasteiger partial charge in [-0.25, -0.2) is 0 Å². The standard InChI is InChI=1S/C39H34O4/c1-24(40)22-42-38-30-13-7-3-9-26(30)15-17-34(38)33-20-19-32-29-12-6-5-11-28(29)21-36(32)37(33)35-18-16-27-10-4-8-14-31(27)39(35)43-23-25(2)41/h3-20,24-25,40-41H,21-23H2,1-2H3. The summed E-state index contributed by atoms with van der Waals surface area (Å²) in [6.07, 6.45) is -0.422. The van der Waals surface area contributed by atoms with Crippen LogP contribution in [0.5, 0.6) is 11.5 Å². The maximum Gasteiger partial charge on any atom is 0.135 e. The molecule has 6 aromatic carbocycles. The number of hydrogen-bond acceptors (Lipinski definition) is 4. The average molecular weight is 567 g/mol.